The molecule has 1 aliphatic heterocycles. The third-order valence-electron chi connectivity index (χ3n) is 7.44. The summed E-state index contributed by atoms with van der Waals surface area (Å²) in [7, 11) is 0. The molecule has 0 amide bonds. The number of fused-ring (bicyclic) bond motifs is 1. The summed E-state index contributed by atoms with van der Waals surface area (Å²) in [4.78, 5) is 20.3. The molecule has 2 aromatic carbocycles. The monoisotopic (exact) mass is 587 g/mol. The first kappa shape index (κ1) is 26.9. The number of benzene rings is 2. The molecule has 0 atom stereocenters. The lowest BCUT2D eigenvalue weighted by atomic mass is 9.94. The summed E-state index contributed by atoms with van der Waals surface area (Å²) in [6, 6.07) is 7.81. The number of unbranched alkanes of at least 4 members (excludes halogenated alkanes) is 1. The number of hydrogen-bond acceptors (Lipinski definition) is 5. The smallest absolute Gasteiger partial charge is 0.188 e. The summed E-state index contributed by atoms with van der Waals surface area (Å²) in [5, 5.41) is 0. The number of thioether (sulfide) groups is 1. The van der Waals surface area contributed by atoms with Gasteiger partial charge in [0.15, 0.2) is 11.6 Å². The van der Waals surface area contributed by atoms with Gasteiger partial charge in [0.1, 0.15) is 12.1 Å². The van der Waals surface area contributed by atoms with Crippen molar-refractivity contribution in [1.82, 2.24) is 14.5 Å². The highest BCUT2D eigenvalue weighted by Crippen LogP contribution is 2.30. The Morgan fingerprint density at radius 3 is 2.73 bits per heavy atom. The first-order valence-electron chi connectivity index (χ1n) is 13.3. The summed E-state index contributed by atoms with van der Waals surface area (Å²) >= 11 is 5.53. The van der Waals surface area contributed by atoms with Crippen molar-refractivity contribution in [3.63, 3.8) is 0 Å². The molecule has 2 heterocycles. The summed E-state index contributed by atoms with van der Waals surface area (Å²) < 4.78 is 24.7. The van der Waals surface area contributed by atoms with E-state index in [0.29, 0.717) is 41.1 Å². The molecule has 1 saturated heterocycles. The molecule has 8 heteroatoms. The fourth-order valence-electron chi connectivity index (χ4n) is 4.97. The number of carbonyl (C=O) groups is 1. The third kappa shape index (κ3) is 6.83. The Morgan fingerprint density at radius 1 is 1.19 bits per heavy atom. The van der Waals surface area contributed by atoms with Crippen LogP contribution in [0.5, 0.6) is 0 Å². The maximum Gasteiger partial charge on any atom is 0.188 e. The van der Waals surface area contributed by atoms with E-state index in [2.05, 4.69) is 25.8 Å². The third-order valence-corrected chi connectivity index (χ3v) is 8.88. The van der Waals surface area contributed by atoms with Crippen molar-refractivity contribution in [1.29, 1.82) is 0 Å². The van der Waals surface area contributed by atoms with Crippen molar-refractivity contribution in [2.75, 3.05) is 44.4 Å². The fourth-order valence-corrected chi connectivity index (χ4v) is 6.42. The largest absolute Gasteiger partial charge is 0.373 e. The van der Waals surface area contributed by atoms with Crippen LogP contribution in [0.1, 0.15) is 52.7 Å². The highest BCUT2D eigenvalue weighted by Gasteiger charge is 2.25. The Labute approximate surface area is 231 Å². The quantitative estimate of drug-likeness (QED) is 0.184. The average Bonchev–Trinajstić information content (AvgIpc) is 3.63. The van der Waals surface area contributed by atoms with E-state index in [9.17, 15) is 4.79 Å². The van der Waals surface area contributed by atoms with E-state index >= 15 is 4.39 Å². The van der Waals surface area contributed by atoms with E-state index < -0.39 is 5.82 Å². The Kier molecular flexibility index (Phi) is 9.01. The van der Waals surface area contributed by atoms with Crippen molar-refractivity contribution >= 4 is 44.5 Å². The molecule has 198 valence electrons. The zero-order valence-corrected chi connectivity index (χ0v) is 23.9. The van der Waals surface area contributed by atoms with Crippen LogP contribution in [0.3, 0.4) is 0 Å². The van der Waals surface area contributed by atoms with Crippen LogP contribution in [0.15, 0.2) is 35.1 Å². The molecule has 0 unspecified atom stereocenters. The lowest BCUT2D eigenvalue weighted by Gasteiger charge is -2.25. The van der Waals surface area contributed by atoms with Crippen molar-refractivity contribution in [3.8, 4) is 0 Å². The first-order valence-corrected chi connectivity index (χ1v) is 15.3. The van der Waals surface area contributed by atoms with Crippen LogP contribution >= 0.6 is 27.7 Å². The molecule has 2 fully saturated rings. The van der Waals surface area contributed by atoms with Gasteiger partial charge in [-0.2, -0.15) is 11.8 Å². The van der Waals surface area contributed by atoms with Crippen molar-refractivity contribution < 1.29 is 13.9 Å². The molecule has 2 aliphatic rings. The SMILES string of the molecule is Cc1cc(Br)ccc1Cc1c(C(=O)COCC2CC2)cc2c(ncn2CCCCN2CCSCC2)c1F. The van der Waals surface area contributed by atoms with Gasteiger partial charge < -0.3 is 14.2 Å². The van der Waals surface area contributed by atoms with E-state index in [0.717, 1.165) is 41.5 Å². The fraction of sp³-hybridized carbons (Fsp3) is 0.517. The lowest BCUT2D eigenvalue weighted by molar-refractivity contribution is 0.0738. The summed E-state index contributed by atoms with van der Waals surface area (Å²) in [5.41, 5.74) is 3.89. The number of aryl methyl sites for hydroxylation is 2. The van der Waals surface area contributed by atoms with Gasteiger partial charge in [-0.15, -0.1) is 0 Å². The minimum Gasteiger partial charge on any atom is -0.373 e. The van der Waals surface area contributed by atoms with Crippen molar-refractivity contribution in [2.24, 2.45) is 5.92 Å². The second-order valence-corrected chi connectivity index (χ2v) is 12.5. The van der Waals surface area contributed by atoms with Gasteiger partial charge >= 0.3 is 0 Å². The first-order chi connectivity index (χ1) is 18.0. The van der Waals surface area contributed by atoms with Gasteiger partial charge in [-0.25, -0.2) is 9.37 Å². The zero-order chi connectivity index (χ0) is 25.8. The molecule has 0 bridgehead atoms. The Bertz CT molecular complexity index is 1250. The van der Waals surface area contributed by atoms with E-state index in [1.807, 2.05) is 47.5 Å². The number of ether oxygens (including phenoxy) is 1. The van der Waals surface area contributed by atoms with Crippen LogP contribution < -0.4 is 0 Å². The second-order valence-electron chi connectivity index (χ2n) is 10.3. The number of Topliss-reactive ketones (excluding diaryl/α,β-unsaturated/α-hetero) is 1. The number of aromatic nitrogens is 2. The number of imidazole rings is 1. The molecule has 5 rings (SSSR count). The van der Waals surface area contributed by atoms with E-state index in [1.54, 1.807) is 6.33 Å². The number of hydrogen-bond donors (Lipinski definition) is 0. The van der Waals surface area contributed by atoms with Crippen LogP contribution in [-0.4, -0.2) is 64.6 Å². The molecular formula is C29H35BrFN3O2S. The standard InChI is InChI=1S/C29H35BrFN3O2S/c1-20-14-23(30)7-6-22(20)15-25-24(27(35)18-36-17-21-4-5-21)16-26-29(28(25)31)32-19-34(26)9-3-2-8-33-10-12-37-13-11-33/h6-7,14,16,19,21H,2-5,8-13,15,17-18H2,1H3. The minimum absolute atomic E-state index is 0.0178. The molecule has 0 N–H and O–H groups in total. The van der Waals surface area contributed by atoms with Crippen LogP contribution in [-0.2, 0) is 17.7 Å². The van der Waals surface area contributed by atoms with Gasteiger partial charge in [0.25, 0.3) is 0 Å². The molecule has 1 saturated carbocycles. The van der Waals surface area contributed by atoms with Gasteiger partial charge in [0.05, 0.1) is 18.5 Å². The van der Waals surface area contributed by atoms with E-state index in [1.165, 1.54) is 37.4 Å². The topological polar surface area (TPSA) is 47.4 Å². The second kappa shape index (κ2) is 12.4. The summed E-state index contributed by atoms with van der Waals surface area (Å²) in [6.45, 7) is 6.78. The highest BCUT2D eigenvalue weighted by molar-refractivity contribution is 9.10. The molecule has 1 aromatic heterocycles. The van der Waals surface area contributed by atoms with Crippen molar-refractivity contribution in [2.45, 2.75) is 45.6 Å². The van der Waals surface area contributed by atoms with Gasteiger partial charge in [-0.3, -0.25) is 4.79 Å². The molecule has 0 radical (unpaired) electrons. The van der Waals surface area contributed by atoms with Gasteiger partial charge in [-0.1, -0.05) is 22.0 Å². The maximum absolute atomic E-state index is 16.0. The number of carbonyl (C=O) groups excluding carboxylic acids is 1. The Hall–Kier alpha value is -1.74. The van der Waals surface area contributed by atoms with E-state index in [-0.39, 0.29) is 12.4 Å². The van der Waals surface area contributed by atoms with Crippen LogP contribution in [0.4, 0.5) is 4.39 Å². The summed E-state index contributed by atoms with van der Waals surface area (Å²) in [6.07, 6.45) is 6.47. The zero-order valence-electron chi connectivity index (χ0n) is 21.5. The normalized spacial score (nSPS) is 16.5. The van der Waals surface area contributed by atoms with E-state index in [4.69, 9.17) is 4.74 Å². The lowest BCUT2D eigenvalue weighted by Crippen LogP contribution is -2.33. The highest BCUT2D eigenvalue weighted by atomic mass is 79.9. The minimum atomic E-state index is -0.394. The molecule has 5 nitrogen and oxygen atoms in total. The molecule has 37 heavy (non-hydrogen) atoms. The predicted octanol–water partition coefficient (Wildman–Crippen LogP) is 6.28. The van der Waals surface area contributed by atoms with Gasteiger partial charge in [-0.05, 0) is 74.4 Å². The summed E-state index contributed by atoms with van der Waals surface area (Å²) in [5.74, 6) is 2.45. The number of ketones is 1. The number of halogens is 2. The average molecular weight is 589 g/mol. The van der Waals surface area contributed by atoms with Crippen LogP contribution in [0.25, 0.3) is 11.0 Å². The van der Waals surface area contributed by atoms with Crippen LogP contribution in [0.2, 0.25) is 0 Å². The predicted molar refractivity (Wildman–Crippen MR) is 152 cm³/mol. The molecule has 3 aromatic rings. The maximum atomic E-state index is 16.0. The number of rotatable bonds is 12. The molecular weight excluding hydrogens is 553 g/mol. The molecule has 1 aliphatic carbocycles. The number of nitrogens with zero attached hydrogens (tertiary/aromatic N) is 3. The van der Waals surface area contributed by atoms with Crippen LogP contribution in [0, 0.1) is 18.7 Å². The van der Waals surface area contributed by atoms with Crippen molar-refractivity contribution in [3.05, 3.63) is 63.1 Å². The van der Waals surface area contributed by atoms with Gasteiger partial charge in [0.2, 0.25) is 0 Å². The Morgan fingerprint density at radius 2 is 1.97 bits per heavy atom. The van der Waals surface area contributed by atoms with Gasteiger partial charge in [0, 0.05) is 53.2 Å². The Balaban J connectivity index is 1.37. The molecule has 0 spiro atoms.